The van der Waals surface area contributed by atoms with Crippen molar-refractivity contribution in [1.29, 1.82) is 0 Å². The van der Waals surface area contributed by atoms with Crippen LogP contribution < -0.4 is 0 Å². The standard InChI is InChI=1S/C13H16ClNOS/c1-13(16,8-4-5-9-14)12-15-10-6-2-3-7-11(10)17-12/h2-3,6-7,16H,4-5,8-9H2,1H3/t13-/m1/s1. The number of aromatic nitrogens is 1. The number of alkyl halides is 1. The van der Waals surface area contributed by atoms with Crippen molar-refractivity contribution in [3.05, 3.63) is 29.3 Å². The van der Waals surface area contributed by atoms with Crippen LogP contribution in [0.3, 0.4) is 0 Å². The van der Waals surface area contributed by atoms with Crippen molar-refractivity contribution in [3.8, 4) is 0 Å². The van der Waals surface area contributed by atoms with Crippen LogP contribution in [0.15, 0.2) is 24.3 Å². The van der Waals surface area contributed by atoms with Gasteiger partial charge in [0, 0.05) is 5.88 Å². The molecule has 0 bridgehead atoms. The lowest BCUT2D eigenvalue weighted by Crippen LogP contribution is -2.20. The summed E-state index contributed by atoms with van der Waals surface area (Å²) in [6.45, 7) is 1.83. The summed E-state index contributed by atoms with van der Waals surface area (Å²) in [7, 11) is 0. The summed E-state index contributed by atoms with van der Waals surface area (Å²) in [6, 6.07) is 7.97. The van der Waals surface area contributed by atoms with Crippen LogP contribution in [0.1, 0.15) is 31.2 Å². The van der Waals surface area contributed by atoms with E-state index in [1.807, 2.05) is 31.2 Å². The van der Waals surface area contributed by atoms with E-state index < -0.39 is 5.60 Å². The van der Waals surface area contributed by atoms with Crippen LogP contribution in [0.5, 0.6) is 0 Å². The Morgan fingerprint density at radius 1 is 1.35 bits per heavy atom. The molecule has 1 heterocycles. The summed E-state index contributed by atoms with van der Waals surface area (Å²) in [4.78, 5) is 4.50. The van der Waals surface area contributed by atoms with Gasteiger partial charge in [0.1, 0.15) is 10.6 Å². The lowest BCUT2D eigenvalue weighted by Gasteiger charge is -2.19. The number of benzene rings is 1. The first-order chi connectivity index (χ1) is 8.13. The van der Waals surface area contributed by atoms with Crippen LogP contribution in [-0.2, 0) is 5.60 Å². The summed E-state index contributed by atoms with van der Waals surface area (Å²) in [6.07, 6.45) is 2.56. The largest absolute Gasteiger partial charge is 0.383 e. The Labute approximate surface area is 110 Å². The van der Waals surface area contributed by atoms with Gasteiger partial charge in [0.05, 0.1) is 10.2 Å². The van der Waals surface area contributed by atoms with Gasteiger partial charge < -0.3 is 5.11 Å². The van der Waals surface area contributed by atoms with Gasteiger partial charge in [-0.05, 0) is 38.3 Å². The Bertz CT molecular complexity index is 462. The highest BCUT2D eigenvalue weighted by Crippen LogP contribution is 2.33. The topological polar surface area (TPSA) is 33.1 Å². The zero-order valence-electron chi connectivity index (χ0n) is 9.82. The summed E-state index contributed by atoms with van der Waals surface area (Å²) < 4.78 is 1.13. The molecule has 2 aromatic rings. The van der Waals surface area contributed by atoms with Gasteiger partial charge in [-0.25, -0.2) is 4.98 Å². The molecule has 0 fully saturated rings. The molecule has 1 aromatic carbocycles. The third-order valence-corrected chi connectivity index (χ3v) is 4.36. The normalized spacial score (nSPS) is 15.0. The molecule has 1 aromatic heterocycles. The van der Waals surface area contributed by atoms with Gasteiger partial charge >= 0.3 is 0 Å². The molecule has 0 aliphatic rings. The van der Waals surface area contributed by atoms with E-state index in [1.165, 1.54) is 0 Å². The van der Waals surface area contributed by atoms with Crippen LogP contribution in [0.25, 0.3) is 10.2 Å². The minimum Gasteiger partial charge on any atom is -0.383 e. The summed E-state index contributed by atoms with van der Waals surface area (Å²) in [5, 5.41) is 11.2. The van der Waals surface area contributed by atoms with Gasteiger partial charge in [0.25, 0.3) is 0 Å². The van der Waals surface area contributed by atoms with Gasteiger partial charge in [-0.1, -0.05) is 12.1 Å². The molecule has 0 saturated carbocycles. The molecule has 4 heteroatoms. The highest BCUT2D eigenvalue weighted by Gasteiger charge is 2.26. The molecule has 0 spiro atoms. The third kappa shape index (κ3) is 2.97. The number of halogens is 1. The molecule has 92 valence electrons. The van der Waals surface area contributed by atoms with Crippen molar-refractivity contribution in [3.63, 3.8) is 0 Å². The van der Waals surface area contributed by atoms with Crippen LogP contribution >= 0.6 is 22.9 Å². The molecule has 1 N–H and O–H groups in total. The first-order valence-corrected chi connectivity index (χ1v) is 7.13. The maximum Gasteiger partial charge on any atom is 0.125 e. The molecule has 0 amide bonds. The Morgan fingerprint density at radius 3 is 2.82 bits per heavy atom. The molecule has 0 aliphatic heterocycles. The Balaban J connectivity index is 2.19. The highest BCUT2D eigenvalue weighted by atomic mass is 35.5. The van der Waals surface area contributed by atoms with Crippen molar-refractivity contribution in [2.24, 2.45) is 0 Å². The molecule has 0 saturated heterocycles. The van der Waals surface area contributed by atoms with Crippen molar-refractivity contribution in [2.75, 3.05) is 5.88 Å². The second-order valence-corrected chi connectivity index (χ2v) is 5.82. The van der Waals surface area contributed by atoms with E-state index in [2.05, 4.69) is 4.98 Å². The lowest BCUT2D eigenvalue weighted by atomic mass is 10.0. The summed E-state index contributed by atoms with van der Waals surface area (Å²) in [5.41, 5.74) is 0.126. The fraction of sp³-hybridized carbons (Fsp3) is 0.462. The first kappa shape index (κ1) is 12.8. The second kappa shape index (κ2) is 5.34. The van der Waals surface area contributed by atoms with Gasteiger partial charge in [-0.2, -0.15) is 0 Å². The number of hydrogen-bond donors (Lipinski definition) is 1. The SMILES string of the molecule is C[C@@](O)(CCCCCl)c1nc2ccccc2s1. The predicted octanol–water partition coefficient (Wildman–Crippen LogP) is 3.91. The zero-order valence-corrected chi connectivity index (χ0v) is 11.4. The first-order valence-electron chi connectivity index (χ1n) is 5.78. The minimum atomic E-state index is -0.838. The van der Waals surface area contributed by atoms with Gasteiger partial charge in [-0.15, -0.1) is 22.9 Å². The van der Waals surface area contributed by atoms with Crippen LogP contribution in [-0.4, -0.2) is 16.0 Å². The van der Waals surface area contributed by atoms with E-state index >= 15 is 0 Å². The minimum absolute atomic E-state index is 0.649. The van der Waals surface area contributed by atoms with Crippen LogP contribution in [0, 0.1) is 0 Å². The van der Waals surface area contributed by atoms with Gasteiger partial charge in [0.2, 0.25) is 0 Å². The molecular weight excluding hydrogens is 254 g/mol. The number of nitrogens with zero attached hydrogens (tertiary/aromatic N) is 1. The zero-order chi connectivity index (χ0) is 12.3. The van der Waals surface area contributed by atoms with E-state index in [0.29, 0.717) is 12.3 Å². The molecule has 2 nitrogen and oxygen atoms in total. The van der Waals surface area contributed by atoms with E-state index in [0.717, 1.165) is 28.1 Å². The second-order valence-electron chi connectivity index (χ2n) is 4.41. The monoisotopic (exact) mass is 269 g/mol. The quantitative estimate of drug-likeness (QED) is 0.659. The smallest absolute Gasteiger partial charge is 0.125 e. The third-order valence-electron chi connectivity index (χ3n) is 2.80. The van der Waals surface area contributed by atoms with Gasteiger partial charge in [0.15, 0.2) is 0 Å². The number of fused-ring (bicyclic) bond motifs is 1. The summed E-state index contributed by atoms with van der Waals surface area (Å²) in [5.74, 6) is 0.649. The van der Waals surface area contributed by atoms with Crippen LogP contribution in [0.2, 0.25) is 0 Å². The van der Waals surface area contributed by atoms with Crippen molar-refractivity contribution in [1.82, 2.24) is 4.98 Å². The maximum absolute atomic E-state index is 10.4. The molecule has 0 unspecified atom stereocenters. The molecule has 2 rings (SSSR count). The molecule has 17 heavy (non-hydrogen) atoms. The van der Waals surface area contributed by atoms with E-state index in [1.54, 1.807) is 11.3 Å². The Morgan fingerprint density at radius 2 is 2.12 bits per heavy atom. The maximum atomic E-state index is 10.4. The van der Waals surface area contributed by atoms with Crippen molar-refractivity contribution < 1.29 is 5.11 Å². The number of thiazole rings is 1. The van der Waals surface area contributed by atoms with E-state index in [9.17, 15) is 5.11 Å². The lowest BCUT2D eigenvalue weighted by molar-refractivity contribution is 0.0454. The molecule has 0 radical (unpaired) electrons. The fourth-order valence-electron chi connectivity index (χ4n) is 1.77. The number of aliphatic hydroxyl groups is 1. The number of hydrogen-bond acceptors (Lipinski definition) is 3. The Kier molecular flexibility index (Phi) is 4.02. The molecular formula is C13H16ClNOS. The van der Waals surface area contributed by atoms with Crippen LogP contribution in [0.4, 0.5) is 0 Å². The van der Waals surface area contributed by atoms with E-state index in [4.69, 9.17) is 11.6 Å². The number of rotatable bonds is 5. The average Bonchev–Trinajstić information content (AvgIpc) is 2.73. The summed E-state index contributed by atoms with van der Waals surface area (Å²) >= 11 is 7.21. The molecule has 0 aliphatic carbocycles. The predicted molar refractivity (Wildman–Crippen MR) is 73.8 cm³/mol. The highest BCUT2D eigenvalue weighted by molar-refractivity contribution is 7.18. The fourth-order valence-corrected chi connectivity index (χ4v) is 3.00. The average molecular weight is 270 g/mol. The number of para-hydroxylation sites is 1. The van der Waals surface area contributed by atoms with Crippen molar-refractivity contribution >= 4 is 33.2 Å². The van der Waals surface area contributed by atoms with Gasteiger partial charge in [-0.3, -0.25) is 0 Å². The van der Waals surface area contributed by atoms with E-state index in [-0.39, 0.29) is 0 Å². The Hall–Kier alpha value is -0.640. The van der Waals surface area contributed by atoms with Crippen molar-refractivity contribution in [2.45, 2.75) is 31.8 Å². The number of unbranched alkanes of at least 4 members (excludes halogenated alkanes) is 1. The molecule has 1 atom stereocenters.